The molecule has 1 atom stereocenters. The van der Waals surface area contributed by atoms with Crippen LogP contribution in [0.1, 0.15) is 23.2 Å². The first-order valence-corrected chi connectivity index (χ1v) is 6.53. The molecule has 0 saturated carbocycles. The third kappa shape index (κ3) is 4.35. The van der Waals surface area contributed by atoms with Crippen molar-refractivity contribution in [2.24, 2.45) is 5.92 Å². The number of methoxy groups -OCH3 is 1. The van der Waals surface area contributed by atoms with Gasteiger partial charge >= 0.3 is 0 Å². The van der Waals surface area contributed by atoms with Crippen LogP contribution < -0.4 is 15.4 Å². The molecule has 0 spiro atoms. The number of carbonyl (C=O) groups is 1. The topological polar surface area (TPSA) is 50.4 Å². The Morgan fingerprint density at radius 3 is 2.95 bits per heavy atom. The van der Waals surface area contributed by atoms with Crippen molar-refractivity contribution >= 4 is 18.3 Å². The minimum absolute atomic E-state index is 0. The first kappa shape index (κ1) is 16.7. The Kier molecular flexibility index (Phi) is 6.75. The van der Waals surface area contributed by atoms with Gasteiger partial charge in [0.05, 0.1) is 7.11 Å². The van der Waals surface area contributed by atoms with Gasteiger partial charge in [-0.15, -0.1) is 12.4 Å². The summed E-state index contributed by atoms with van der Waals surface area (Å²) in [5, 5.41) is 6.14. The van der Waals surface area contributed by atoms with Gasteiger partial charge in [-0.25, -0.2) is 4.39 Å². The van der Waals surface area contributed by atoms with E-state index in [9.17, 15) is 9.18 Å². The number of nitrogens with one attached hydrogen (secondary N) is 2. The second-order valence-electron chi connectivity index (χ2n) is 4.77. The molecule has 1 aromatic carbocycles. The molecule has 1 aliphatic heterocycles. The molecule has 20 heavy (non-hydrogen) atoms. The van der Waals surface area contributed by atoms with Crippen molar-refractivity contribution in [2.75, 3.05) is 26.7 Å². The lowest BCUT2D eigenvalue weighted by Gasteiger charge is -2.22. The van der Waals surface area contributed by atoms with E-state index in [1.807, 2.05) is 0 Å². The van der Waals surface area contributed by atoms with Crippen LogP contribution in [0.25, 0.3) is 0 Å². The predicted octanol–water partition coefficient (Wildman–Crippen LogP) is 1.99. The molecule has 0 aromatic heterocycles. The molecule has 1 amide bonds. The van der Waals surface area contributed by atoms with E-state index >= 15 is 0 Å². The summed E-state index contributed by atoms with van der Waals surface area (Å²) < 4.78 is 18.3. The molecule has 2 N–H and O–H groups in total. The summed E-state index contributed by atoms with van der Waals surface area (Å²) in [5.41, 5.74) is 0.321. The van der Waals surface area contributed by atoms with E-state index in [2.05, 4.69) is 10.6 Å². The molecule has 0 aliphatic carbocycles. The molecule has 1 fully saturated rings. The maximum absolute atomic E-state index is 13.5. The molecule has 1 aromatic rings. The van der Waals surface area contributed by atoms with Crippen molar-refractivity contribution in [2.45, 2.75) is 12.8 Å². The SMILES string of the molecule is COc1ccc(C(=O)NCC2CCCNC2)cc1F.Cl. The molecule has 2 rings (SSSR count). The Morgan fingerprint density at radius 2 is 2.35 bits per heavy atom. The Bertz CT molecular complexity index is 451. The van der Waals surface area contributed by atoms with Crippen LogP contribution in [0, 0.1) is 11.7 Å². The van der Waals surface area contributed by atoms with Crippen molar-refractivity contribution in [3.63, 3.8) is 0 Å². The largest absolute Gasteiger partial charge is 0.494 e. The zero-order valence-electron chi connectivity index (χ0n) is 11.4. The van der Waals surface area contributed by atoms with E-state index in [1.54, 1.807) is 6.07 Å². The monoisotopic (exact) mass is 302 g/mol. The average Bonchev–Trinajstić information content (AvgIpc) is 2.45. The van der Waals surface area contributed by atoms with E-state index in [0.29, 0.717) is 18.0 Å². The van der Waals surface area contributed by atoms with Crippen LogP contribution in [0.4, 0.5) is 4.39 Å². The van der Waals surface area contributed by atoms with Crippen molar-refractivity contribution in [1.29, 1.82) is 0 Å². The highest BCUT2D eigenvalue weighted by Gasteiger charge is 2.15. The minimum atomic E-state index is -0.519. The van der Waals surface area contributed by atoms with Crippen LogP contribution in [0.5, 0.6) is 5.75 Å². The summed E-state index contributed by atoms with van der Waals surface area (Å²) in [4.78, 5) is 11.9. The predicted molar refractivity (Wildman–Crippen MR) is 78.1 cm³/mol. The van der Waals surface area contributed by atoms with Gasteiger partial charge in [0.1, 0.15) is 0 Å². The first-order chi connectivity index (χ1) is 9.20. The Morgan fingerprint density at radius 1 is 1.55 bits per heavy atom. The van der Waals surface area contributed by atoms with E-state index in [1.165, 1.54) is 19.2 Å². The number of hydrogen-bond acceptors (Lipinski definition) is 3. The minimum Gasteiger partial charge on any atom is -0.494 e. The molecule has 1 aliphatic rings. The van der Waals surface area contributed by atoms with Gasteiger partial charge in [0.15, 0.2) is 11.6 Å². The Balaban J connectivity index is 0.00000200. The highest BCUT2D eigenvalue weighted by Crippen LogP contribution is 2.17. The molecule has 1 heterocycles. The normalized spacial score (nSPS) is 18.0. The number of halogens is 2. The Labute approximate surface area is 124 Å². The molecule has 1 unspecified atom stereocenters. The van der Waals surface area contributed by atoms with E-state index in [-0.39, 0.29) is 24.1 Å². The molecule has 0 radical (unpaired) electrons. The van der Waals surface area contributed by atoms with Gasteiger partial charge in [-0.3, -0.25) is 4.79 Å². The fourth-order valence-corrected chi connectivity index (χ4v) is 2.24. The van der Waals surface area contributed by atoms with Crippen LogP contribution in [0.15, 0.2) is 18.2 Å². The molecule has 0 bridgehead atoms. The number of piperidine rings is 1. The maximum atomic E-state index is 13.5. The van der Waals surface area contributed by atoms with Gasteiger partial charge in [-0.1, -0.05) is 0 Å². The summed E-state index contributed by atoms with van der Waals surface area (Å²) in [6.45, 7) is 2.60. The number of ether oxygens (including phenoxy) is 1. The van der Waals surface area contributed by atoms with Crippen molar-refractivity contribution in [3.05, 3.63) is 29.6 Å². The van der Waals surface area contributed by atoms with Crippen molar-refractivity contribution < 1.29 is 13.9 Å². The lowest BCUT2D eigenvalue weighted by molar-refractivity contribution is 0.0944. The standard InChI is InChI=1S/C14H19FN2O2.ClH/c1-19-13-5-4-11(7-12(13)15)14(18)17-9-10-3-2-6-16-8-10;/h4-5,7,10,16H,2-3,6,8-9H2,1H3,(H,17,18);1H. The van der Waals surface area contributed by atoms with Crippen LogP contribution in [0.3, 0.4) is 0 Å². The fourth-order valence-electron chi connectivity index (χ4n) is 2.24. The molecule has 1 saturated heterocycles. The summed E-state index contributed by atoms with van der Waals surface area (Å²) in [6, 6.07) is 4.23. The van der Waals surface area contributed by atoms with Gasteiger partial charge < -0.3 is 15.4 Å². The average molecular weight is 303 g/mol. The van der Waals surface area contributed by atoms with Gasteiger partial charge in [0.2, 0.25) is 0 Å². The van der Waals surface area contributed by atoms with Crippen molar-refractivity contribution in [3.8, 4) is 5.75 Å². The van der Waals surface area contributed by atoms with E-state index in [4.69, 9.17) is 4.74 Å². The fraction of sp³-hybridized carbons (Fsp3) is 0.500. The number of hydrogen-bond donors (Lipinski definition) is 2. The summed E-state index contributed by atoms with van der Waals surface area (Å²) in [6.07, 6.45) is 2.25. The zero-order valence-corrected chi connectivity index (χ0v) is 12.3. The van der Waals surface area contributed by atoms with Crippen molar-refractivity contribution in [1.82, 2.24) is 10.6 Å². The summed E-state index contributed by atoms with van der Waals surface area (Å²) in [5.74, 6) is -0.157. The quantitative estimate of drug-likeness (QED) is 0.894. The van der Waals surface area contributed by atoms with Crippen LogP contribution in [0.2, 0.25) is 0 Å². The number of benzene rings is 1. The molecular formula is C14H20ClFN2O2. The van der Waals surface area contributed by atoms with Gasteiger partial charge in [0, 0.05) is 12.1 Å². The lowest BCUT2D eigenvalue weighted by Crippen LogP contribution is -2.38. The number of amides is 1. The smallest absolute Gasteiger partial charge is 0.251 e. The highest BCUT2D eigenvalue weighted by molar-refractivity contribution is 5.94. The second-order valence-corrected chi connectivity index (χ2v) is 4.77. The van der Waals surface area contributed by atoms with Gasteiger partial charge in [-0.05, 0) is 50.0 Å². The first-order valence-electron chi connectivity index (χ1n) is 6.53. The van der Waals surface area contributed by atoms with Crippen LogP contribution in [-0.2, 0) is 0 Å². The number of rotatable bonds is 4. The molecular weight excluding hydrogens is 283 g/mol. The molecule has 4 nitrogen and oxygen atoms in total. The van der Waals surface area contributed by atoms with E-state index in [0.717, 1.165) is 25.9 Å². The summed E-state index contributed by atoms with van der Waals surface area (Å²) >= 11 is 0. The zero-order chi connectivity index (χ0) is 13.7. The van der Waals surface area contributed by atoms with Crippen LogP contribution >= 0.6 is 12.4 Å². The molecule has 6 heteroatoms. The number of carbonyl (C=O) groups excluding carboxylic acids is 1. The lowest BCUT2D eigenvalue weighted by atomic mass is 9.99. The molecule has 112 valence electrons. The second kappa shape index (κ2) is 8.07. The maximum Gasteiger partial charge on any atom is 0.251 e. The Hall–Kier alpha value is -1.33. The third-order valence-electron chi connectivity index (χ3n) is 3.36. The summed E-state index contributed by atoms with van der Waals surface area (Å²) in [7, 11) is 1.40. The van der Waals surface area contributed by atoms with E-state index < -0.39 is 5.82 Å². The van der Waals surface area contributed by atoms with Gasteiger partial charge in [0.25, 0.3) is 5.91 Å². The highest BCUT2D eigenvalue weighted by atomic mass is 35.5. The van der Waals surface area contributed by atoms with Crippen LogP contribution in [-0.4, -0.2) is 32.7 Å². The third-order valence-corrected chi connectivity index (χ3v) is 3.36. The van der Waals surface area contributed by atoms with Gasteiger partial charge in [-0.2, -0.15) is 0 Å².